The van der Waals surface area contributed by atoms with E-state index < -0.39 is 11.1 Å². The lowest BCUT2D eigenvalue weighted by molar-refractivity contribution is -0.125. The molecule has 1 saturated carbocycles. The summed E-state index contributed by atoms with van der Waals surface area (Å²) in [6.07, 6.45) is 1.45. The van der Waals surface area contributed by atoms with Crippen LogP contribution in [0.5, 0.6) is 0 Å². The monoisotopic (exact) mass is 410 g/mol. The fourth-order valence-corrected chi connectivity index (χ4v) is 4.50. The molecule has 160 valence electrons. The lowest BCUT2D eigenvalue weighted by Gasteiger charge is -2.28. The lowest BCUT2D eigenvalue weighted by Crippen LogP contribution is -2.44. The third-order valence-electron chi connectivity index (χ3n) is 5.89. The molecule has 3 heterocycles. The zero-order chi connectivity index (χ0) is 21.8. The molecule has 2 aromatic heterocycles. The van der Waals surface area contributed by atoms with Crippen molar-refractivity contribution in [2.75, 3.05) is 13.1 Å². The maximum Gasteiger partial charge on any atom is 0.410 e. The van der Waals surface area contributed by atoms with Crippen molar-refractivity contribution in [3.63, 3.8) is 0 Å². The van der Waals surface area contributed by atoms with Crippen molar-refractivity contribution in [1.29, 1.82) is 0 Å². The summed E-state index contributed by atoms with van der Waals surface area (Å²) < 4.78 is 5.45. The number of amides is 2. The summed E-state index contributed by atoms with van der Waals surface area (Å²) in [4.78, 5) is 36.2. The maximum atomic E-state index is 13.0. The van der Waals surface area contributed by atoms with E-state index in [1.165, 1.54) is 0 Å². The van der Waals surface area contributed by atoms with Crippen LogP contribution in [0.3, 0.4) is 0 Å². The van der Waals surface area contributed by atoms with E-state index in [9.17, 15) is 9.59 Å². The van der Waals surface area contributed by atoms with E-state index in [1.807, 2.05) is 59.7 Å². The first kappa shape index (κ1) is 20.6. The predicted octanol–water partition coefficient (Wildman–Crippen LogP) is 3.40. The molecular weight excluding hydrogens is 380 g/mol. The molecule has 7 nitrogen and oxygen atoms in total. The molecule has 7 heteroatoms. The Morgan fingerprint density at radius 1 is 1.17 bits per heavy atom. The van der Waals surface area contributed by atoms with E-state index in [0.29, 0.717) is 13.1 Å². The van der Waals surface area contributed by atoms with Gasteiger partial charge < -0.3 is 15.0 Å². The first-order valence-electron chi connectivity index (χ1n) is 10.5. The minimum absolute atomic E-state index is 0.0197. The number of nitrogens with zero attached hydrogens (tertiary/aromatic N) is 3. The van der Waals surface area contributed by atoms with Crippen molar-refractivity contribution < 1.29 is 14.3 Å². The number of ether oxygens (including phenoxy) is 1. The van der Waals surface area contributed by atoms with E-state index in [2.05, 4.69) is 10.3 Å². The minimum Gasteiger partial charge on any atom is -0.444 e. The highest BCUT2D eigenvalue weighted by atomic mass is 16.6. The Morgan fingerprint density at radius 3 is 2.47 bits per heavy atom. The Hall–Kier alpha value is -2.70. The van der Waals surface area contributed by atoms with Crippen LogP contribution in [-0.2, 0) is 15.1 Å². The number of piperidine rings is 1. The zero-order valence-electron chi connectivity index (χ0n) is 18.5. The molecule has 0 bridgehead atoms. The Bertz CT molecular complexity index is 999. The largest absolute Gasteiger partial charge is 0.444 e. The molecular formula is C23H30N4O3. The molecule has 3 atom stereocenters. The van der Waals surface area contributed by atoms with Gasteiger partial charge in [-0.1, -0.05) is 6.07 Å². The van der Waals surface area contributed by atoms with Gasteiger partial charge in [0.05, 0.1) is 16.7 Å². The normalized spacial score (nSPS) is 23.3. The van der Waals surface area contributed by atoms with E-state index in [0.717, 1.165) is 22.3 Å². The molecule has 1 aliphatic heterocycles. The van der Waals surface area contributed by atoms with Gasteiger partial charge in [-0.25, -0.2) is 4.79 Å². The number of rotatable bonds is 3. The molecule has 1 saturated heterocycles. The van der Waals surface area contributed by atoms with Crippen LogP contribution in [0.4, 0.5) is 4.79 Å². The first-order chi connectivity index (χ1) is 14.0. The van der Waals surface area contributed by atoms with Gasteiger partial charge in [0, 0.05) is 36.3 Å². The fourth-order valence-electron chi connectivity index (χ4n) is 4.50. The summed E-state index contributed by atoms with van der Waals surface area (Å²) in [7, 11) is 0. The number of likely N-dealkylation sites (tertiary alicyclic amines) is 1. The average molecular weight is 411 g/mol. The number of hydrogen-bond acceptors (Lipinski definition) is 5. The number of nitrogens with one attached hydrogen (secondary N) is 1. The van der Waals surface area contributed by atoms with Crippen molar-refractivity contribution in [3.05, 3.63) is 35.8 Å². The van der Waals surface area contributed by atoms with Crippen molar-refractivity contribution in [1.82, 2.24) is 20.2 Å². The van der Waals surface area contributed by atoms with Gasteiger partial charge >= 0.3 is 6.09 Å². The predicted molar refractivity (Wildman–Crippen MR) is 114 cm³/mol. The van der Waals surface area contributed by atoms with Crippen LogP contribution in [-0.4, -0.2) is 45.6 Å². The third-order valence-corrected chi connectivity index (χ3v) is 5.89. The van der Waals surface area contributed by atoms with Gasteiger partial charge in [0.25, 0.3) is 0 Å². The highest BCUT2D eigenvalue weighted by Gasteiger charge is 2.61. The van der Waals surface area contributed by atoms with E-state index in [1.54, 1.807) is 11.1 Å². The number of carbonyl (C=O) groups excluding carboxylic acids is 2. The van der Waals surface area contributed by atoms with Crippen molar-refractivity contribution in [2.45, 2.75) is 52.7 Å². The first-order valence-corrected chi connectivity index (χ1v) is 10.5. The number of pyridine rings is 2. The van der Waals surface area contributed by atoms with E-state index in [4.69, 9.17) is 9.72 Å². The molecule has 0 radical (unpaired) electrons. The van der Waals surface area contributed by atoms with Gasteiger partial charge in [-0.05, 0) is 65.5 Å². The zero-order valence-corrected chi connectivity index (χ0v) is 18.5. The van der Waals surface area contributed by atoms with Gasteiger partial charge in [0.2, 0.25) is 5.91 Å². The molecule has 2 aromatic rings. The van der Waals surface area contributed by atoms with Crippen LogP contribution in [0.2, 0.25) is 0 Å². The number of hydrogen-bond donors (Lipinski definition) is 1. The summed E-state index contributed by atoms with van der Waals surface area (Å²) in [5, 5.41) is 4.20. The number of aryl methyl sites for hydroxylation is 1. The second kappa shape index (κ2) is 6.93. The summed E-state index contributed by atoms with van der Waals surface area (Å²) in [5.41, 5.74) is 1.30. The Labute approximate surface area is 177 Å². The van der Waals surface area contributed by atoms with Gasteiger partial charge in [0.15, 0.2) is 0 Å². The Kier molecular flexibility index (Phi) is 4.75. The lowest BCUT2D eigenvalue weighted by atomic mass is 9.96. The van der Waals surface area contributed by atoms with Crippen LogP contribution in [0.25, 0.3) is 10.9 Å². The summed E-state index contributed by atoms with van der Waals surface area (Å²) in [6, 6.07) is 5.91. The second-order valence-corrected chi connectivity index (χ2v) is 10.0. The summed E-state index contributed by atoms with van der Waals surface area (Å²) >= 11 is 0. The minimum atomic E-state index is -0.655. The third kappa shape index (κ3) is 3.85. The van der Waals surface area contributed by atoms with Crippen molar-refractivity contribution >= 4 is 22.9 Å². The van der Waals surface area contributed by atoms with E-state index >= 15 is 0 Å². The Balaban J connectivity index is 1.43. The second-order valence-electron chi connectivity index (χ2n) is 10.0. The molecule has 1 unspecified atom stereocenters. The van der Waals surface area contributed by atoms with Crippen LogP contribution in [0.15, 0.2) is 24.4 Å². The van der Waals surface area contributed by atoms with Gasteiger partial charge in [-0.2, -0.15) is 0 Å². The quantitative estimate of drug-likeness (QED) is 0.838. The topological polar surface area (TPSA) is 84.4 Å². The highest BCUT2D eigenvalue weighted by Crippen LogP contribution is 2.52. The Morgan fingerprint density at radius 2 is 1.83 bits per heavy atom. The molecule has 2 aliphatic rings. The van der Waals surface area contributed by atoms with Gasteiger partial charge in [-0.3, -0.25) is 14.8 Å². The SMILES string of the molecule is Cc1cc2cccnc2c(C(C)(C)NC(=O)C2[C@H]3CN(C(=O)OC(C)(C)C)C[C@@H]23)n1. The summed E-state index contributed by atoms with van der Waals surface area (Å²) in [6.45, 7) is 12.6. The molecule has 1 N–H and O–H groups in total. The standard InChI is InChI=1S/C23H30N4O3/c1-13-10-14-8-7-9-24-18(14)19(25-13)23(5,6)26-20(28)17-15-11-27(12-16(15)17)21(29)30-22(2,3)4/h7-10,15-17H,11-12H2,1-6H3,(H,26,28)/t15-,16+,17?. The van der Waals surface area contributed by atoms with Crippen molar-refractivity contribution in [3.8, 4) is 0 Å². The van der Waals surface area contributed by atoms with Crippen molar-refractivity contribution in [2.24, 2.45) is 17.8 Å². The average Bonchev–Trinajstić information content (AvgIpc) is 3.13. The van der Waals surface area contributed by atoms with Crippen LogP contribution >= 0.6 is 0 Å². The number of carbonyl (C=O) groups is 2. The van der Waals surface area contributed by atoms with Gasteiger partial charge in [-0.15, -0.1) is 0 Å². The molecule has 30 heavy (non-hydrogen) atoms. The maximum absolute atomic E-state index is 13.0. The highest BCUT2D eigenvalue weighted by molar-refractivity contribution is 5.86. The molecule has 2 fully saturated rings. The number of fused-ring (bicyclic) bond motifs is 2. The fraction of sp³-hybridized carbons (Fsp3) is 0.565. The smallest absolute Gasteiger partial charge is 0.410 e. The molecule has 0 spiro atoms. The molecule has 2 amide bonds. The molecule has 0 aromatic carbocycles. The molecule has 4 rings (SSSR count). The van der Waals surface area contributed by atoms with Gasteiger partial charge in [0.1, 0.15) is 5.60 Å². The van der Waals surface area contributed by atoms with Crippen LogP contribution in [0, 0.1) is 24.7 Å². The number of aromatic nitrogens is 2. The summed E-state index contributed by atoms with van der Waals surface area (Å²) in [5.74, 6) is 0.362. The molecule has 1 aliphatic carbocycles. The van der Waals surface area contributed by atoms with E-state index in [-0.39, 0.29) is 29.8 Å². The van der Waals surface area contributed by atoms with Crippen LogP contribution < -0.4 is 5.32 Å². The van der Waals surface area contributed by atoms with Crippen LogP contribution in [0.1, 0.15) is 46.0 Å².